The predicted molar refractivity (Wildman–Crippen MR) is 84.9 cm³/mol. The third kappa shape index (κ3) is 2.94. The Bertz CT molecular complexity index is 724. The number of carbonyl (C=O) groups is 1. The quantitative estimate of drug-likeness (QED) is 0.916. The molecule has 122 valence electrons. The van der Waals surface area contributed by atoms with Crippen molar-refractivity contribution < 1.29 is 14.6 Å². The molecule has 23 heavy (non-hydrogen) atoms. The Morgan fingerprint density at radius 3 is 2.91 bits per heavy atom. The highest BCUT2D eigenvalue weighted by molar-refractivity contribution is 5.79. The monoisotopic (exact) mass is 315 g/mol. The topological polar surface area (TPSA) is 67.6 Å². The van der Waals surface area contributed by atoms with Gasteiger partial charge in [0.05, 0.1) is 25.8 Å². The van der Waals surface area contributed by atoms with E-state index in [0.29, 0.717) is 25.2 Å². The van der Waals surface area contributed by atoms with Crippen LogP contribution < -0.4 is 4.74 Å². The molecule has 3 rings (SSSR count). The number of aromatic nitrogens is 2. The summed E-state index contributed by atoms with van der Waals surface area (Å²) in [6.07, 6.45) is 1.07. The second-order valence-corrected chi connectivity index (χ2v) is 5.71. The number of benzene rings is 1. The van der Waals surface area contributed by atoms with E-state index in [1.807, 2.05) is 40.9 Å². The fourth-order valence-electron chi connectivity index (χ4n) is 3.13. The highest BCUT2D eigenvalue weighted by atomic mass is 16.5. The van der Waals surface area contributed by atoms with Crippen molar-refractivity contribution >= 4 is 5.91 Å². The van der Waals surface area contributed by atoms with Crippen LogP contribution in [0.5, 0.6) is 5.75 Å². The number of aryl methyl sites for hydroxylation is 1. The second-order valence-electron chi connectivity index (χ2n) is 5.71. The Hall–Kier alpha value is -2.34. The first kappa shape index (κ1) is 15.6. The van der Waals surface area contributed by atoms with Crippen molar-refractivity contribution in [3.05, 3.63) is 46.8 Å². The zero-order valence-corrected chi connectivity index (χ0v) is 13.5. The van der Waals surface area contributed by atoms with E-state index in [-0.39, 0.29) is 12.5 Å². The molecule has 0 aliphatic carbocycles. The number of hydrogen-bond donors (Lipinski definition) is 1. The number of ether oxygens (including phenoxy) is 1. The molecule has 1 aliphatic heterocycles. The molecule has 2 heterocycles. The van der Waals surface area contributed by atoms with E-state index in [1.54, 1.807) is 7.11 Å². The van der Waals surface area contributed by atoms with E-state index in [0.717, 1.165) is 29.0 Å². The summed E-state index contributed by atoms with van der Waals surface area (Å²) in [5.74, 6) is 0.795. The van der Waals surface area contributed by atoms with Gasteiger partial charge >= 0.3 is 0 Å². The summed E-state index contributed by atoms with van der Waals surface area (Å²) in [5, 5.41) is 13.8. The highest BCUT2D eigenvalue weighted by Crippen LogP contribution is 2.24. The lowest BCUT2D eigenvalue weighted by molar-refractivity contribution is -0.131. The van der Waals surface area contributed by atoms with Gasteiger partial charge in [-0.25, -0.2) is 0 Å². The molecule has 1 aromatic carbocycles. The van der Waals surface area contributed by atoms with E-state index >= 15 is 0 Å². The number of rotatable bonds is 4. The number of nitrogens with zero attached hydrogens (tertiary/aromatic N) is 3. The van der Waals surface area contributed by atoms with Gasteiger partial charge in [-0.2, -0.15) is 5.10 Å². The number of fused-ring (bicyclic) bond motifs is 1. The summed E-state index contributed by atoms with van der Waals surface area (Å²) < 4.78 is 7.12. The molecule has 1 aromatic heterocycles. The lowest BCUT2D eigenvalue weighted by Crippen LogP contribution is -2.37. The van der Waals surface area contributed by atoms with Crippen molar-refractivity contribution in [2.75, 3.05) is 13.7 Å². The molecule has 0 spiro atoms. The van der Waals surface area contributed by atoms with Crippen molar-refractivity contribution in [3.8, 4) is 5.75 Å². The number of methoxy groups -OCH3 is 1. The van der Waals surface area contributed by atoms with Gasteiger partial charge in [0.1, 0.15) is 5.75 Å². The van der Waals surface area contributed by atoms with Crippen molar-refractivity contribution in [3.63, 3.8) is 0 Å². The van der Waals surface area contributed by atoms with E-state index in [2.05, 4.69) is 5.10 Å². The molecule has 6 nitrogen and oxygen atoms in total. The zero-order chi connectivity index (χ0) is 16.4. The number of amides is 1. The first-order valence-electron chi connectivity index (χ1n) is 7.68. The smallest absolute Gasteiger partial charge is 0.227 e. The van der Waals surface area contributed by atoms with Gasteiger partial charge in [-0.1, -0.05) is 18.2 Å². The van der Waals surface area contributed by atoms with Gasteiger partial charge in [-0.05, 0) is 6.07 Å². The van der Waals surface area contributed by atoms with Crippen molar-refractivity contribution in [1.82, 2.24) is 14.7 Å². The largest absolute Gasteiger partial charge is 0.496 e. The van der Waals surface area contributed by atoms with Crippen molar-refractivity contribution in [1.29, 1.82) is 0 Å². The van der Waals surface area contributed by atoms with Crippen LogP contribution in [0.3, 0.4) is 0 Å². The van der Waals surface area contributed by atoms with Gasteiger partial charge in [0, 0.05) is 43.4 Å². The van der Waals surface area contributed by atoms with Gasteiger partial charge in [-0.3, -0.25) is 9.48 Å². The third-order valence-electron chi connectivity index (χ3n) is 4.36. The third-order valence-corrected chi connectivity index (χ3v) is 4.36. The number of aliphatic hydroxyl groups is 1. The summed E-state index contributed by atoms with van der Waals surface area (Å²) >= 11 is 0. The average Bonchev–Trinajstić information content (AvgIpc) is 2.91. The number of carbonyl (C=O) groups excluding carboxylic acids is 1. The first-order chi connectivity index (χ1) is 11.1. The van der Waals surface area contributed by atoms with Gasteiger partial charge < -0.3 is 14.7 Å². The molecule has 0 atom stereocenters. The van der Waals surface area contributed by atoms with Crippen LogP contribution in [0.4, 0.5) is 0 Å². The Morgan fingerprint density at radius 2 is 2.17 bits per heavy atom. The summed E-state index contributed by atoms with van der Waals surface area (Å²) in [4.78, 5) is 14.5. The van der Waals surface area contributed by atoms with E-state index in [4.69, 9.17) is 4.74 Å². The maximum atomic E-state index is 12.6. The van der Waals surface area contributed by atoms with Crippen LogP contribution in [0.1, 0.15) is 22.5 Å². The Kier molecular flexibility index (Phi) is 4.34. The molecule has 0 bridgehead atoms. The van der Waals surface area contributed by atoms with Gasteiger partial charge in [0.25, 0.3) is 0 Å². The van der Waals surface area contributed by atoms with Gasteiger partial charge in [-0.15, -0.1) is 0 Å². The summed E-state index contributed by atoms with van der Waals surface area (Å²) in [5.41, 5.74) is 3.64. The minimum absolute atomic E-state index is 0.0629. The highest BCUT2D eigenvalue weighted by Gasteiger charge is 2.26. The van der Waals surface area contributed by atoms with Gasteiger partial charge in [0.2, 0.25) is 5.91 Å². The SMILES string of the molecule is COc1ccccc1CC(=O)N1CCc2c(c(CO)nn2C)C1. The maximum absolute atomic E-state index is 12.6. The number of para-hydroxylation sites is 1. The number of hydrogen-bond acceptors (Lipinski definition) is 4. The van der Waals surface area contributed by atoms with E-state index in [1.165, 1.54) is 0 Å². The zero-order valence-electron chi connectivity index (χ0n) is 13.5. The molecule has 0 fully saturated rings. The summed E-state index contributed by atoms with van der Waals surface area (Å²) in [7, 11) is 3.49. The minimum atomic E-state index is -0.0995. The molecule has 2 aromatic rings. The normalized spacial score (nSPS) is 13.8. The van der Waals surface area contributed by atoms with Crippen LogP contribution in [-0.4, -0.2) is 39.3 Å². The Morgan fingerprint density at radius 1 is 1.39 bits per heavy atom. The van der Waals surface area contributed by atoms with Gasteiger partial charge in [0.15, 0.2) is 0 Å². The van der Waals surface area contributed by atoms with Crippen LogP contribution in [0.2, 0.25) is 0 Å². The Labute approximate surface area is 135 Å². The van der Waals surface area contributed by atoms with Crippen LogP contribution in [0.25, 0.3) is 0 Å². The predicted octanol–water partition coefficient (Wildman–Crippen LogP) is 1.05. The molecule has 0 unspecified atom stereocenters. The molecule has 1 aliphatic rings. The lowest BCUT2D eigenvalue weighted by atomic mass is 10.0. The fraction of sp³-hybridized carbons (Fsp3) is 0.412. The molecule has 1 amide bonds. The molecule has 0 radical (unpaired) electrons. The second kappa shape index (κ2) is 6.42. The van der Waals surface area contributed by atoms with Crippen molar-refractivity contribution in [2.24, 2.45) is 7.05 Å². The summed E-state index contributed by atoms with van der Waals surface area (Å²) in [6.45, 7) is 1.08. The van der Waals surface area contributed by atoms with Crippen LogP contribution >= 0.6 is 0 Å². The lowest BCUT2D eigenvalue weighted by Gasteiger charge is -2.28. The molecule has 0 saturated carbocycles. The Balaban J connectivity index is 1.77. The molecule has 1 N–H and O–H groups in total. The molecular formula is C17H21N3O3. The number of aliphatic hydroxyl groups excluding tert-OH is 1. The molecular weight excluding hydrogens is 294 g/mol. The molecule has 6 heteroatoms. The standard InChI is InChI=1S/C17H21N3O3/c1-19-15-7-8-20(10-13(15)14(11-21)18-19)17(22)9-12-5-3-4-6-16(12)23-2/h3-6,21H,7-11H2,1-2H3. The van der Waals surface area contributed by atoms with Crippen LogP contribution in [-0.2, 0) is 37.8 Å². The average molecular weight is 315 g/mol. The summed E-state index contributed by atoms with van der Waals surface area (Å²) in [6, 6.07) is 7.57. The molecule has 0 saturated heterocycles. The van der Waals surface area contributed by atoms with Crippen LogP contribution in [0, 0.1) is 0 Å². The first-order valence-corrected chi connectivity index (χ1v) is 7.68. The van der Waals surface area contributed by atoms with Crippen LogP contribution in [0.15, 0.2) is 24.3 Å². The maximum Gasteiger partial charge on any atom is 0.227 e. The fourth-order valence-corrected chi connectivity index (χ4v) is 3.13. The van der Waals surface area contributed by atoms with E-state index < -0.39 is 0 Å². The van der Waals surface area contributed by atoms with E-state index in [9.17, 15) is 9.90 Å². The minimum Gasteiger partial charge on any atom is -0.496 e. The van der Waals surface area contributed by atoms with Crippen molar-refractivity contribution in [2.45, 2.75) is 26.0 Å².